The molecule has 2 N–H and O–H groups in total. The van der Waals surface area contributed by atoms with E-state index >= 15 is 0 Å². The molecule has 0 radical (unpaired) electrons. The van der Waals surface area contributed by atoms with Gasteiger partial charge in [0, 0.05) is 24.5 Å². The molecule has 0 aliphatic carbocycles. The van der Waals surface area contributed by atoms with E-state index in [1.807, 2.05) is 21.8 Å². The van der Waals surface area contributed by atoms with Gasteiger partial charge in [-0.05, 0) is 43.2 Å². The Morgan fingerprint density at radius 2 is 2.08 bits per heavy atom. The minimum Gasteiger partial charge on any atom is -0.484 e. The summed E-state index contributed by atoms with van der Waals surface area (Å²) in [6.45, 7) is 1.29. The number of rotatable bonds is 6. The van der Waals surface area contributed by atoms with Crippen molar-refractivity contribution < 1.29 is 14.3 Å². The van der Waals surface area contributed by atoms with Gasteiger partial charge in [0.1, 0.15) is 5.75 Å². The smallest absolute Gasteiger partial charge is 0.255 e. The maximum atomic E-state index is 12.7. The molecule has 0 unspecified atom stereocenters. The van der Waals surface area contributed by atoms with Crippen molar-refractivity contribution in [2.45, 2.75) is 25.4 Å². The highest BCUT2D eigenvalue weighted by atomic mass is 16.5. The summed E-state index contributed by atoms with van der Waals surface area (Å²) in [7, 11) is 0. The molecule has 0 bridgehead atoms. The number of nitrogens with two attached hydrogens (primary N) is 1. The molecule has 1 atom stereocenters. The lowest BCUT2D eigenvalue weighted by atomic mass is 10.1. The van der Waals surface area contributed by atoms with E-state index in [-0.39, 0.29) is 18.6 Å². The van der Waals surface area contributed by atoms with Crippen LogP contribution in [0, 0.1) is 0 Å². The third kappa shape index (κ3) is 3.73. The highest BCUT2D eigenvalue weighted by molar-refractivity contribution is 5.94. The van der Waals surface area contributed by atoms with Crippen molar-refractivity contribution in [2.75, 3.05) is 13.2 Å². The van der Waals surface area contributed by atoms with Gasteiger partial charge in [-0.1, -0.05) is 0 Å². The van der Waals surface area contributed by atoms with Crippen molar-refractivity contribution in [3.8, 4) is 5.75 Å². The molecule has 2 heterocycles. The van der Waals surface area contributed by atoms with Gasteiger partial charge in [-0.3, -0.25) is 14.3 Å². The van der Waals surface area contributed by atoms with Crippen LogP contribution in [0.5, 0.6) is 5.75 Å². The van der Waals surface area contributed by atoms with Gasteiger partial charge in [0.15, 0.2) is 6.61 Å². The van der Waals surface area contributed by atoms with E-state index in [1.54, 1.807) is 30.5 Å². The summed E-state index contributed by atoms with van der Waals surface area (Å²) in [4.78, 5) is 25.4. The number of benzene rings is 1. The van der Waals surface area contributed by atoms with Crippen molar-refractivity contribution in [1.29, 1.82) is 0 Å². The maximum absolute atomic E-state index is 12.7. The van der Waals surface area contributed by atoms with Crippen LogP contribution in [0.3, 0.4) is 0 Å². The highest BCUT2D eigenvalue weighted by Crippen LogP contribution is 2.22. The predicted octanol–water partition coefficient (Wildman–Crippen LogP) is 1.05. The van der Waals surface area contributed by atoms with Crippen LogP contribution in [-0.4, -0.2) is 45.7 Å². The van der Waals surface area contributed by atoms with Crippen molar-refractivity contribution in [3.63, 3.8) is 0 Å². The molecule has 1 aromatic heterocycles. The molecular formula is C17H20N4O3. The van der Waals surface area contributed by atoms with E-state index in [0.29, 0.717) is 17.9 Å². The van der Waals surface area contributed by atoms with E-state index in [1.165, 1.54) is 0 Å². The Hall–Kier alpha value is -2.83. The van der Waals surface area contributed by atoms with Gasteiger partial charge in [0.25, 0.3) is 11.8 Å². The van der Waals surface area contributed by atoms with Gasteiger partial charge in [-0.25, -0.2) is 0 Å². The molecule has 1 aliphatic rings. The summed E-state index contributed by atoms with van der Waals surface area (Å²) in [5, 5.41) is 4.22. The number of primary amides is 1. The van der Waals surface area contributed by atoms with Crippen LogP contribution in [0.1, 0.15) is 23.2 Å². The van der Waals surface area contributed by atoms with Gasteiger partial charge < -0.3 is 15.4 Å². The fraction of sp³-hybridized carbons (Fsp3) is 0.353. The minimum atomic E-state index is -0.534. The Balaban J connectivity index is 1.65. The second-order valence-corrected chi connectivity index (χ2v) is 5.80. The van der Waals surface area contributed by atoms with E-state index in [4.69, 9.17) is 10.5 Å². The third-order valence-corrected chi connectivity index (χ3v) is 4.08. The summed E-state index contributed by atoms with van der Waals surface area (Å²) in [5.41, 5.74) is 5.65. The monoisotopic (exact) mass is 328 g/mol. The number of likely N-dealkylation sites (tertiary alicyclic amines) is 1. The SMILES string of the molecule is NC(=O)COc1ccc(C(=O)N2CCC[C@H]2Cn2cccn2)cc1. The number of carbonyl (C=O) groups excluding carboxylic acids is 2. The number of hydrogen-bond acceptors (Lipinski definition) is 4. The third-order valence-electron chi connectivity index (χ3n) is 4.08. The average Bonchev–Trinajstić information content (AvgIpc) is 3.25. The van der Waals surface area contributed by atoms with Gasteiger partial charge in [0.2, 0.25) is 0 Å². The molecule has 1 aliphatic heterocycles. The number of ether oxygens (including phenoxy) is 1. The maximum Gasteiger partial charge on any atom is 0.255 e. The average molecular weight is 328 g/mol. The van der Waals surface area contributed by atoms with Crippen LogP contribution in [0.25, 0.3) is 0 Å². The highest BCUT2D eigenvalue weighted by Gasteiger charge is 2.29. The fourth-order valence-electron chi connectivity index (χ4n) is 2.93. The fourth-order valence-corrected chi connectivity index (χ4v) is 2.93. The molecule has 24 heavy (non-hydrogen) atoms. The Kier molecular flexibility index (Phi) is 4.79. The predicted molar refractivity (Wildman–Crippen MR) is 87.4 cm³/mol. The second kappa shape index (κ2) is 7.16. The first-order valence-electron chi connectivity index (χ1n) is 7.93. The minimum absolute atomic E-state index is 0.00565. The van der Waals surface area contributed by atoms with Gasteiger partial charge in [0.05, 0.1) is 12.6 Å². The van der Waals surface area contributed by atoms with Crippen LogP contribution in [-0.2, 0) is 11.3 Å². The Morgan fingerprint density at radius 3 is 2.75 bits per heavy atom. The molecule has 2 aromatic rings. The van der Waals surface area contributed by atoms with Crippen molar-refractivity contribution in [2.24, 2.45) is 5.73 Å². The molecule has 1 aromatic carbocycles. The Bertz CT molecular complexity index is 697. The molecule has 2 amide bonds. The lowest BCUT2D eigenvalue weighted by Crippen LogP contribution is -2.38. The first kappa shape index (κ1) is 16.0. The first-order chi connectivity index (χ1) is 11.6. The number of amides is 2. The normalized spacial score (nSPS) is 17.0. The topological polar surface area (TPSA) is 90.5 Å². The number of hydrogen-bond donors (Lipinski definition) is 1. The van der Waals surface area contributed by atoms with E-state index in [2.05, 4.69) is 5.10 Å². The van der Waals surface area contributed by atoms with Crippen molar-refractivity contribution in [1.82, 2.24) is 14.7 Å². The Labute approximate surface area is 140 Å². The lowest BCUT2D eigenvalue weighted by molar-refractivity contribution is -0.119. The second-order valence-electron chi connectivity index (χ2n) is 5.80. The number of nitrogens with zero attached hydrogens (tertiary/aromatic N) is 3. The van der Waals surface area contributed by atoms with Gasteiger partial charge >= 0.3 is 0 Å². The number of carbonyl (C=O) groups is 2. The molecule has 1 saturated heterocycles. The summed E-state index contributed by atoms with van der Waals surface area (Å²) >= 11 is 0. The molecule has 7 heteroatoms. The summed E-state index contributed by atoms with van der Waals surface area (Å²) < 4.78 is 7.07. The van der Waals surface area contributed by atoms with Crippen molar-refractivity contribution in [3.05, 3.63) is 48.3 Å². The Morgan fingerprint density at radius 1 is 1.29 bits per heavy atom. The summed E-state index contributed by atoms with van der Waals surface area (Å²) in [6, 6.07) is 8.81. The summed E-state index contributed by atoms with van der Waals surface area (Å²) in [5.74, 6) is -0.0142. The largest absolute Gasteiger partial charge is 0.484 e. The van der Waals surface area contributed by atoms with Crippen LogP contribution in [0.4, 0.5) is 0 Å². The van der Waals surface area contributed by atoms with Gasteiger partial charge in [-0.15, -0.1) is 0 Å². The van der Waals surface area contributed by atoms with Crippen molar-refractivity contribution >= 4 is 11.8 Å². The molecule has 3 rings (SSSR count). The molecule has 1 fully saturated rings. The van der Waals surface area contributed by atoms with E-state index in [9.17, 15) is 9.59 Å². The molecule has 126 valence electrons. The standard InChI is InChI=1S/C17H20N4O3/c18-16(22)12-24-15-6-4-13(5-7-15)17(23)21-10-1-3-14(21)11-20-9-2-8-19-20/h2,4-9,14H,1,3,10-12H2,(H2,18,22)/t14-/m0/s1. The lowest BCUT2D eigenvalue weighted by Gasteiger charge is -2.25. The van der Waals surface area contributed by atoms with Crippen LogP contribution in [0.2, 0.25) is 0 Å². The summed E-state index contributed by atoms with van der Waals surface area (Å²) in [6.07, 6.45) is 5.63. The molecule has 0 spiro atoms. The van der Waals surface area contributed by atoms with E-state index in [0.717, 1.165) is 19.4 Å². The number of aromatic nitrogens is 2. The quantitative estimate of drug-likeness (QED) is 0.858. The zero-order chi connectivity index (χ0) is 16.9. The van der Waals surface area contributed by atoms with Crippen LogP contribution in [0.15, 0.2) is 42.7 Å². The molecular weight excluding hydrogens is 308 g/mol. The molecule has 7 nitrogen and oxygen atoms in total. The van der Waals surface area contributed by atoms with E-state index < -0.39 is 5.91 Å². The van der Waals surface area contributed by atoms with Crippen LogP contribution < -0.4 is 10.5 Å². The van der Waals surface area contributed by atoms with Gasteiger partial charge in [-0.2, -0.15) is 5.10 Å². The zero-order valence-corrected chi connectivity index (χ0v) is 13.3. The zero-order valence-electron chi connectivity index (χ0n) is 13.3. The first-order valence-corrected chi connectivity index (χ1v) is 7.93. The molecule has 0 saturated carbocycles. The van der Waals surface area contributed by atoms with Crippen LogP contribution >= 0.6 is 0 Å².